The van der Waals surface area contributed by atoms with Crippen molar-refractivity contribution in [2.75, 3.05) is 72.6 Å². The van der Waals surface area contributed by atoms with Gasteiger partial charge in [0, 0.05) is 6.61 Å². The lowest BCUT2D eigenvalue weighted by atomic mass is 10.0. The Morgan fingerprint density at radius 3 is 1.22 bits per heavy atom. The minimum Gasteiger partial charge on any atom is -0.379 e. The summed E-state index contributed by atoms with van der Waals surface area (Å²) in [5.41, 5.74) is 0. The topological polar surface area (TPSA) is 58.2 Å². The van der Waals surface area contributed by atoms with E-state index in [4.69, 9.17) is 23.7 Å². The molecular weight excluding hydrogens is 466 g/mol. The fraction of sp³-hybridized carbons (Fsp3) is 1.00. The predicted octanol–water partition coefficient (Wildman–Crippen LogP) is 7.08. The molecule has 6 heteroatoms. The number of ether oxygens (including phenoxy) is 5. The van der Waals surface area contributed by atoms with Crippen LogP contribution in [0.2, 0.25) is 0 Å². The first-order chi connectivity index (χ1) is 18.4. The molecule has 0 saturated carbocycles. The van der Waals surface area contributed by atoms with Crippen LogP contribution in [0, 0.1) is 0 Å². The van der Waals surface area contributed by atoms with Gasteiger partial charge in [0.1, 0.15) is 0 Å². The lowest BCUT2D eigenvalue weighted by molar-refractivity contribution is -0.0280. The molecule has 0 aliphatic carbocycles. The van der Waals surface area contributed by atoms with Gasteiger partial charge in [0.2, 0.25) is 0 Å². The summed E-state index contributed by atoms with van der Waals surface area (Å²) in [7, 11) is 0. The van der Waals surface area contributed by atoms with Crippen LogP contribution < -0.4 is 5.32 Å². The molecule has 1 aliphatic rings. The van der Waals surface area contributed by atoms with E-state index in [0.29, 0.717) is 59.0 Å². The lowest BCUT2D eigenvalue weighted by Gasteiger charge is -2.22. The van der Waals surface area contributed by atoms with Crippen molar-refractivity contribution in [1.82, 2.24) is 5.32 Å². The molecule has 0 radical (unpaired) electrons. The van der Waals surface area contributed by atoms with E-state index in [-0.39, 0.29) is 0 Å². The second-order valence-electron chi connectivity index (χ2n) is 10.6. The van der Waals surface area contributed by atoms with Gasteiger partial charge >= 0.3 is 0 Å². The maximum absolute atomic E-state index is 5.80. The molecule has 6 nitrogen and oxygen atoms in total. The van der Waals surface area contributed by atoms with Crippen molar-refractivity contribution >= 4 is 0 Å². The first-order valence-electron chi connectivity index (χ1n) is 16.1. The normalized spacial score (nSPS) is 14.5. The van der Waals surface area contributed by atoms with Gasteiger partial charge in [-0.05, 0) is 32.4 Å². The molecule has 0 aromatic rings. The largest absolute Gasteiger partial charge is 0.379 e. The standard InChI is InChI=1S/C31H63NO5/c1-2-3-4-5-6-7-8-9-10-11-12-13-14-15-16-17-22-33-23-24-34-25-26-35-27-28-36-29-30-37-31-18-20-32-21-19-31/h31-32H,2-30H2,1H3. The van der Waals surface area contributed by atoms with Crippen molar-refractivity contribution < 1.29 is 23.7 Å². The van der Waals surface area contributed by atoms with Gasteiger partial charge in [-0.3, -0.25) is 0 Å². The molecule has 1 N–H and O–H groups in total. The summed E-state index contributed by atoms with van der Waals surface area (Å²) in [6.45, 7) is 10.3. The zero-order chi connectivity index (χ0) is 26.3. The number of hydrogen-bond donors (Lipinski definition) is 1. The number of hydrogen-bond acceptors (Lipinski definition) is 6. The zero-order valence-electron chi connectivity index (χ0n) is 24.6. The van der Waals surface area contributed by atoms with Crippen LogP contribution >= 0.6 is 0 Å². The van der Waals surface area contributed by atoms with E-state index >= 15 is 0 Å². The molecule has 0 unspecified atom stereocenters. The molecule has 0 bridgehead atoms. The summed E-state index contributed by atoms with van der Waals surface area (Å²) in [6.07, 6.45) is 25.0. The third kappa shape index (κ3) is 27.1. The Morgan fingerprint density at radius 2 is 0.784 bits per heavy atom. The number of unbranched alkanes of at least 4 members (excludes halogenated alkanes) is 15. The Balaban J connectivity index is 1.61. The summed E-state index contributed by atoms with van der Waals surface area (Å²) in [5.74, 6) is 0. The van der Waals surface area contributed by atoms with Crippen molar-refractivity contribution in [1.29, 1.82) is 0 Å². The summed E-state index contributed by atoms with van der Waals surface area (Å²) < 4.78 is 28.1. The third-order valence-electron chi connectivity index (χ3n) is 7.13. The summed E-state index contributed by atoms with van der Waals surface area (Å²) in [5, 5.41) is 3.34. The van der Waals surface area contributed by atoms with E-state index in [0.717, 1.165) is 32.5 Å². The van der Waals surface area contributed by atoms with Gasteiger partial charge in [0.05, 0.1) is 59.0 Å². The van der Waals surface area contributed by atoms with E-state index in [1.165, 1.54) is 103 Å². The summed E-state index contributed by atoms with van der Waals surface area (Å²) in [4.78, 5) is 0. The van der Waals surface area contributed by atoms with Crippen LogP contribution in [0.1, 0.15) is 122 Å². The number of nitrogens with one attached hydrogen (secondary N) is 1. The summed E-state index contributed by atoms with van der Waals surface area (Å²) in [6, 6.07) is 0. The molecule has 1 saturated heterocycles. The van der Waals surface area contributed by atoms with Crippen LogP contribution in [0.4, 0.5) is 0 Å². The average Bonchev–Trinajstić information content (AvgIpc) is 2.93. The van der Waals surface area contributed by atoms with Crippen LogP contribution in [-0.4, -0.2) is 78.7 Å². The number of piperidine rings is 1. The fourth-order valence-corrected chi connectivity index (χ4v) is 4.75. The molecule has 222 valence electrons. The van der Waals surface area contributed by atoms with Crippen LogP contribution in [-0.2, 0) is 23.7 Å². The van der Waals surface area contributed by atoms with Gasteiger partial charge < -0.3 is 29.0 Å². The molecule has 0 amide bonds. The highest BCUT2D eigenvalue weighted by Crippen LogP contribution is 2.13. The predicted molar refractivity (Wildman–Crippen MR) is 155 cm³/mol. The summed E-state index contributed by atoms with van der Waals surface area (Å²) >= 11 is 0. The maximum Gasteiger partial charge on any atom is 0.0704 e. The Kier molecular flexibility index (Phi) is 28.5. The number of rotatable bonds is 30. The van der Waals surface area contributed by atoms with Crippen molar-refractivity contribution in [3.05, 3.63) is 0 Å². The molecule has 0 atom stereocenters. The van der Waals surface area contributed by atoms with E-state index in [2.05, 4.69) is 12.2 Å². The minimum absolute atomic E-state index is 0.399. The smallest absolute Gasteiger partial charge is 0.0704 e. The van der Waals surface area contributed by atoms with Gasteiger partial charge in [-0.1, -0.05) is 103 Å². The molecule has 0 aromatic carbocycles. The third-order valence-corrected chi connectivity index (χ3v) is 7.13. The van der Waals surface area contributed by atoms with E-state index in [1.807, 2.05) is 0 Å². The second kappa shape index (κ2) is 30.3. The molecule has 1 aliphatic heterocycles. The second-order valence-corrected chi connectivity index (χ2v) is 10.6. The van der Waals surface area contributed by atoms with Gasteiger partial charge in [-0.15, -0.1) is 0 Å². The van der Waals surface area contributed by atoms with Crippen molar-refractivity contribution in [2.24, 2.45) is 0 Å². The Bertz CT molecular complexity index is 420. The van der Waals surface area contributed by atoms with E-state index in [9.17, 15) is 0 Å². The Hall–Kier alpha value is -0.240. The van der Waals surface area contributed by atoms with Crippen molar-refractivity contribution in [2.45, 2.75) is 129 Å². The van der Waals surface area contributed by atoms with Crippen molar-refractivity contribution in [3.63, 3.8) is 0 Å². The van der Waals surface area contributed by atoms with Crippen LogP contribution in [0.5, 0.6) is 0 Å². The van der Waals surface area contributed by atoms with Crippen LogP contribution in [0.25, 0.3) is 0 Å². The minimum atomic E-state index is 0.399. The fourth-order valence-electron chi connectivity index (χ4n) is 4.75. The first-order valence-corrected chi connectivity index (χ1v) is 16.1. The Morgan fingerprint density at radius 1 is 0.432 bits per heavy atom. The highest BCUT2D eigenvalue weighted by atomic mass is 16.6. The van der Waals surface area contributed by atoms with Gasteiger partial charge in [0.15, 0.2) is 0 Å². The molecule has 0 aromatic heterocycles. The monoisotopic (exact) mass is 529 g/mol. The SMILES string of the molecule is CCCCCCCCCCCCCCCCCCOCCOCCOCCOCCOC1CCNCC1. The van der Waals surface area contributed by atoms with E-state index in [1.54, 1.807) is 0 Å². The van der Waals surface area contributed by atoms with Crippen LogP contribution in [0.3, 0.4) is 0 Å². The molecule has 37 heavy (non-hydrogen) atoms. The average molecular weight is 530 g/mol. The molecule has 1 fully saturated rings. The Labute approximate surface area is 230 Å². The maximum atomic E-state index is 5.80. The van der Waals surface area contributed by atoms with Gasteiger partial charge in [-0.2, -0.15) is 0 Å². The highest BCUT2D eigenvalue weighted by molar-refractivity contribution is 4.67. The molecule has 1 heterocycles. The van der Waals surface area contributed by atoms with E-state index < -0.39 is 0 Å². The highest BCUT2D eigenvalue weighted by Gasteiger charge is 2.12. The van der Waals surface area contributed by atoms with Crippen LogP contribution in [0.15, 0.2) is 0 Å². The van der Waals surface area contributed by atoms with Gasteiger partial charge in [0.25, 0.3) is 0 Å². The molecule has 0 spiro atoms. The van der Waals surface area contributed by atoms with Crippen molar-refractivity contribution in [3.8, 4) is 0 Å². The lowest BCUT2D eigenvalue weighted by Crippen LogP contribution is -2.33. The van der Waals surface area contributed by atoms with Gasteiger partial charge in [-0.25, -0.2) is 0 Å². The molecule has 1 rings (SSSR count). The quantitative estimate of drug-likeness (QED) is 0.100. The molecular formula is C31H63NO5. The zero-order valence-corrected chi connectivity index (χ0v) is 24.6. The first kappa shape index (κ1) is 34.8.